The van der Waals surface area contributed by atoms with E-state index in [-0.39, 0.29) is 35.8 Å². The van der Waals surface area contributed by atoms with Crippen LogP contribution in [-0.2, 0) is 22.6 Å². The van der Waals surface area contributed by atoms with Crippen LogP contribution in [0.15, 0.2) is 83.8 Å². The summed E-state index contributed by atoms with van der Waals surface area (Å²) in [6.07, 6.45) is 0.396. The number of nitrogens with one attached hydrogen (secondary N) is 1. The third kappa shape index (κ3) is 8.55. The highest BCUT2D eigenvalue weighted by molar-refractivity contribution is 8.00. The van der Waals surface area contributed by atoms with Gasteiger partial charge >= 0.3 is 0 Å². The lowest BCUT2D eigenvalue weighted by Gasteiger charge is -2.31. The minimum atomic E-state index is -0.688. The Morgan fingerprint density at radius 2 is 1.57 bits per heavy atom. The summed E-state index contributed by atoms with van der Waals surface area (Å²) < 4.78 is 13.5. The fourth-order valence-electron chi connectivity index (χ4n) is 3.63. The molecule has 3 rings (SSSR count). The summed E-state index contributed by atoms with van der Waals surface area (Å²) in [6.45, 7) is 6.84. The Labute approximate surface area is 211 Å². The van der Waals surface area contributed by atoms with E-state index in [9.17, 15) is 14.0 Å². The minimum Gasteiger partial charge on any atom is -0.354 e. The molecule has 2 amide bonds. The lowest BCUT2D eigenvalue weighted by atomic mass is 10.0. The van der Waals surface area contributed by atoms with Gasteiger partial charge in [-0.2, -0.15) is 0 Å². The lowest BCUT2D eigenvalue weighted by molar-refractivity contribution is -0.139. The number of thioether (sulfide) groups is 1. The molecule has 3 aromatic rings. The second kappa shape index (κ2) is 13.1. The van der Waals surface area contributed by atoms with Gasteiger partial charge in [0.15, 0.2) is 0 Å². The van der Waals surface area contributed by atoms with E-state index >= 15 is 0 Å². The summed E-state index contributed by atoms with van der Waals surface area (Å²) in [5.74, 6) is -0.168. The molecule has 0 unspecified atom stereocenters. The van der Waals surface area contributed by atoms with E-state index in [0.717, 1.165) is 21.6 Å². The van der Waals surface area contributed by atoms with Crippen molar-refractivity contribution in [1.82, 2.24) is 10.2 Å². The molecule has 0 heterocycles. The molecule has 3 aromatic carbocycles. The maximum absolute atomic E-state index is 13.6. The first kappa shape index (κ1) is 26.5. The standard InChI is InChI=1S/C29H33FN2O2S/c1-21(2)18-31-29(34)27(17-23-7-5-4-6-8-23)32(19-24-11-13-25(30)14-12-24)28(33)20-35-26-15-9-22(3)10-16-26/h4-16,21,27H,17-20H2,1-3H3,(H,31,34)/t27-/m0/s1. The Bertz CT molecular complexity index is 1090. The molecule has 0 aliphatic heterocycles. The first-order valence-electron chi connectivity index (χ1n) is 11.9. The predicted molar refractivity (Wildman–Crippen MR) is 141 cm³/mol. The highest BCUT2D eigenvalue weighted by atomic mass is 32.2. The molecule has 4 nitrogen and oxygen atoms in total. The largest absolute Gasteiger partial charge is 0.354 e. The van der Waals surface area contributed by atoms with E-state index in [0.29, 0.717) is 13.0 Å². The molecule has 0 saturated carbocycles. The molecule has 0 aliphatic carbocycles. The van der Waals surface area contributed by atoms with E-state index in [1.54, 1.807) is 17.0 Å². The van der Waals surface area contributed by atoms with Gasteiger partial charge in [-0.15, -0.1) is 11.8 Å². The van der Waals surface area contributed by atoms with Crippen LogP contribution in [0.1, 0.15) is 30.5 Å². The number of carbonyl (C=O) groups excluding carboxylic acids is 2. The first-order valence-corrected chi connectivity index (χ1v) is 12.9. The summed E-state index contributed by atoms with van der Waals surface area (Å²) in [5, 5.41) is 3.01. The van der Waals surface area contributed by atoms with Crippen LogP contribution in [0.4, 0.5) is 4.39 Å². The fourth-order valence-corrected chi connectivity index (χ4v) is 4.41. The summed E-state index contributed by atoms with van der Waals surface area (Å²) in [5.41, 5.74) is 2.90. The average molecular weight is 493 g/mol. The van der Waals surface area contributed by atoms with E-state index in [1.165, 1.54) is 23.9 Å². The van der Waals surface area contributed by atoms with Gasteiger partial charge in [-0.05, 0) is 48.2 Å². The van der Waals surface area contributed by atoms with Crippen molar-refractivity contribution in [3.05, 3.63) is 101 Å². The number of nitrogens with zero attached hydrogens (tertiary/aromatic N) is 1. The van der Waals surface area contributed by atoms with Crippen LogP contribution in [0.2, 0.25) is 0 Å². The normalized spacial score (nSPS) is 11.8. The van der Waals surface area contributed by atoms with Crippen molar-refractivity contribution in [2.24, 2.45) is 5.92 Å². The molecule has 0 spiro atoms. The van der Waals surface area contributed by atoms with Crippen LogP contribution >= 0.6 is 11.8 Å². The molecule has 1 N–H and O–H groups in total. The van der Waals surface area contributed by atoms with Crippen molar-refractivity contribution >= 4 is 23.6 Å². The summed E-state index contributed by atoms with van der Waals surface area (Å²) in [7, 11) is 0. The number of rotatable bonds is 11. The minimum absolute atomic E-state index is 0.138. The number of aryl methyl sites for hydroxylation is 1. The average Bonchev–Trinajstić information content (AvgIpc) is 2.86. The maximum Gasteiger partial charge on any atom is 0.243 e. The van der Waals surface area contributed by atoms with Crippen LogP contribution in [-0.4, -0.2) is 35.1 Å². The number of hydrogen-bond donors (Lipinski definition) is 1. The van der Waals surface area contributed by atoms with E-state index in [2.05, 4.69) is 5.32 Å². The van der Waals surface area contributed by atoms with Crippen LogP contribution in [0.25, 0.3) is 0 Å². The Hall–Kier alpha value is -3.12. The van der Waals surface area contributed by atoms with Crippen molar-refractivity contribution in [2.45, 2.75) is 44.7 Å². The van der Waals surface area contributed by atoms with Gasteiger partial charge in [0.25, 0.3) is 0 Å². The zero-order valence-electron chi connectivity index (χ0n) is 20.5. The van der Waals surface area contributed by atoms with Crippen LogP contribution in [0.3, 0.4) is 0 Å². The monoisotopic (exact) mass is 492 g/mol. The van der Waals surface area contributed by atoms with E-state index in [4.69, 9.17) is 0 Å². The number of amides is 2. The van der Waals surface area contributed by atoms with Gasteiger partial charge in [0.05, 0.1) is 5.75 Å². The van der Waals surface area contributed by atoms with Crippen LogP contribution in [0.5, 0.6) is 0 Å². The number of carbonyl (C=O) groups is 2. The van der Waals surface area contributed by atoms with Crippen LogP contribution in [0, 0.1) is 18.7 Å². The van der Waals surface area contributed by atoms with Crippen molar-refractivity contribution in [3.8, 4) is 0 Å². The zero-order valence-corrected chi connectivity index (χ0v) is 21.4. The van der Waals surface area contributed by atoms with Gasteiger partial charge in [0.2, 0.25) is 11.8 Å². The Balaban J connectivity index is 1.88. The van der Waals surface area contributed by atoms with Crippen molar-refractivity contribution in [2.75, 3.05) is 12.3 Å². The number of benzene rings is 3. The SMILES string of the molecule is Cc1ccc(SCC(=O)N(Cc2ccc(F)cc2)[C@@H](Cc2ccccc2)C(=O)NCC(C)C)cc1. The molecular weight excluding hydrogens is 459 g/mol. The molecule has 0 saturated heterocycles. The third-order valence-electron chi connectivity index (χ3n) is 5.61. The van der Waals surface area contributed by atoms with Crippen molar-refractivity contribution in [3.63, 3.8) is 0 Å². The summed E-state index contributed by atoms with van der Waals surface area (Å²) in [6, 6.07) is 23.1. The fraction of sp³-hybridized carbons (Fsp3) is 0.310. The second-order valence-electron chi connectivity index (χ2n) is 9.09. The molecule has 0 aliphatic rings. The quantitative estimate of drug-likeness (QED) is 0.353. The predicted octanol–water partition coefficient (Wildman–Crippen LogP) is 5.64. The Morgan fingerprint density at radius 3 is 2.20 bits per heavy atom. The molecule has 0 aromatic heterocycles. The number of halogens is 1. The molecule has 0 fully saturated rings. The molecular formula is C29H33FN2O2S. The van der Waals surface area contributed by atoms with Crippen LogP contribution < -0.4 is 5.32 Å². The zero-order chi connectivity index (χ0) is 25.2. The lowest BCUT2D eigenvalue weighted by Crippen LogP contribution is -2.51. The maximum atomic E-state index is 13.6. The summed E-state index contributed by atoms with van der Waals surface area (Å²) in [4.78, 5) is 29.6. The molecule has 35 heavy (non-hydrogen) atoms. The molecule has 184 valence electrons. The Morgan fingerprint density at radius 1 is 0.914 bits per heavy atom. The van der Waals surface area contributed by atoms with Gasteiger partial charge < -0.3 is 10.2 Å². The second-order valence-corrected chi connectivity index (χ2v) is 10.1. The molecule has 0 bridgehead atoms. The first-order chi connectivity index (χ1) is 16.8. The van der Waals surface area contributed by atoms with Gasteiger partial charge in [-0.3, -0.25) is 9.59 Å². The number of hydrogen-bond acceptors (Lipinski definition) is 3. The van der Waals surface area contributed by atoms with E-state index in [1.807, 2.05) is 75.4 Å². The summed E-state index contributed by atoms with van der Waals surface area (Å²) >= 11 is 1.45. The molecule has 0 radical (unpaired) electrons. The van der Waals surface area contributed by atoms with Gasteiger partial charge in [-0.25, -0.2) is 4.39 Å². The molecule has 1 atom stereocenters. The van der Waals surface area contributed by atoms with Crippen molar-refractivity contribution < 1.29 is 14.0 Å². The highest BCUT2D eigenvalue weighted by Crippen LogP contribution is 2.22. The van der Waals surface area contributed by atoms with Gasteiger partial charge in [0, 0.05) is 24.4 Å². The van der Waals surface area contributed by atoms with Crippen molar-refractivity contribution in [1.29, 1.82) is 0 Å². The smallest absolute Gasteiger partial charge is 0.243 e. The topological polar surface area (TPSA) is 49.4 Å². The van der Waals surface area contributed by atoms with Gasteiger partial charge in [0.1, 0.15) is 11.9 Å². The molecule has 6 heteroatoms. The third-order valence-corrected chi connectivity index (χ3v) is 6.60. The Kier molecular flexibility index (Phi) is 9.91. The van der Waals surface area contributed by atoms with E-state index < -0.39 is 6.04 Å². The van der Waals surface area contributed by atoms with Gasteiger partial charge in [-0.1, -0.05) is 74.0 Å². The highest BCUT2D eigenvalue weighted by Gasteiger charge is 2.30.